The van der Waals surface area contributed by atoms with E-state index in [1.165, 1.54) is 16.4 Å². The minimum absolute atomic E-state index is 0.000130. The summed E-state index contributed by atoms with van der Waals surface area (Å²) in [5.74, 6) is -0.508. The molecule has 1 aliphatic heterocycles. The molecule has 1 aliphatic rings. The summed E-state index contributed by atoms with van der Waals surface area (Å²) >= 11 is 6.08. The van der Waals surface area contributed by atoms with Gasteiger partial charge in [-0.1, -0.05) is 60.1 Å². The topological polar surface area (TPSA) is 40.6 Å². The molecule has 0 aliphatic carbocycles. The molecule has 1 heterocycles. The molecule has 4 nitrogen and oxygen atoms in total. The molecule has 7 heteroatoms. The molecule has 0 radical (unpaired) electrons. The highest BCUT2D eigenvalue weighted by atomic mass is 35.5. The highest BCUT2D eigenvalue weighted by molar-refractivity contribution is 7.89. The van der Waals surface area contributed by atoms with Crippen molar-refractivity contribution >= 4 is 21.6 Å². The van der Waals surface area contributed by atoms with Gasteiger partial charge in [-0.3, -0.25) is 4.90 Å². The molecule has 1 fully saturated rings. The Hall–Kier alpha value is -2.25. The van der Waals surface area contributed by atoms with E-state index < -0.39 is 15.8 Å². The van der Waals surface area contributed by atoms with Gasteiger partial charge in [0.2, 0.25) is 10.0 Å². The number of benzene rings is 3. The van der Waals surface area contributed by atoms with Gasteiger partial charge in [0.05, 0.1) is 10.9 Å². The van der Waals surface area contributed by atoms with Gasteiger partial charge in [0.25, 0.3) is 0 Å². The maximum absolute atomic E-state index is 13.9. The number of piperazine rings is 1. The third-order valence-corrected chi connectivity index (χ3v) is 7.87. The van der Waals surface area contributed by atoms with Gasteiger partial charge in [-0.2, -0.15) is 4.31 Å². The lowest BCUT2D eigenvalue weighted by atomic mass is 9.96. The minimum atomic E-state index is -3.74. The van der Waals surface area contributed by atoms with E-state index in [1.807, 2.05) is 42.5 Å². The Morgan fingerprint density at radius 1 is 0.871 bits per heavy atom. The minimum Gasteiger partial charge on any atom is -0.290 e. The highest BCUT2D eigenvalue weighted by Gasteiger charge is 2.32. The van der Waals surface area contributed by atoms with Crippen LogP contribution in [0.5, 0.6) is 0 Å². The van der Waals surface area contributed by atoms with Crippen LogP contribution in [0.1, 0.15) is 22.7 Å². The van der Waals surface area contributed by atoms with E-state index in [2.05, 4.69) is 17.0 Å². The molecule has 1 saturated heterocycles. The molecular weight excluding hydrogens is 435 g/mol. The van der Waals surface area contributed by atoms with Crippen molar-refractivity contribution in [3.05, 3.63) is 100 Å². The van der Waals surface area contributed by atoms with E-state index in [0.29, 0.717) is 36.8 Å². The third-order valence-electron chi connectivity index (χ3n) is 5.72. The first-order valence-electron chi connectivity index (χ1n) is 10.2. The van der Waals surface area contributed by atoms with Crippen molar-refractivity contribution in [2.75, 3.05) is 26.2 Å². The average Bonchev–Trinajstić information content (AvgIpc) is 2.78. The lowest BCUT2D eigenvalue weighted by Gasteiger charge is -2.39. The van der Waals surface area contributed by atoms with E-state index in [4.69, 9.17) is 11.6 Å². The molecule has 0 unspecified atom stereocenters. The van der Waals surface area contributed by atoms with Gasteiger partial charge in [0, 0.05) is 31.2 Å². The van der Waals surface area contributed by atoms with Crippen LogP contribution in [-0.2, 0) is 10.0 Å². The number of nitrogens with zero attached hydrogens (tertiary/aromatic N) is 2. The van der Waals surface area contributed by atoms with Crippen molar-refractivity contribution in [3.63, 3.8) is 0 Å². The summed E-state index contributed by atoms with van der Waals surface area (Å²) in [6.07, 6.45) is 0. The smallest absolute Gasteiger partial charge is 0.243 e. The van der Waals surface area contributed by atoms with Gasteiger partial charge in [-0.25, -0.2) is 12.8 Å². The Morgan fingerprint density at radius 3 is 2.10 bits per heavy atom. The fraction of sp³-hybridized carbons (Fsp3) is 0.250. The quantitative estimate of drug-likeness (QED) is 0.547. The van der Waals surface area contributed by atoms with E-state index in [0.717, 1.165) is 17.2 Å². The monoisotopic (exact) mass is 458 g/mol. The molecule has 4 rings (SSSR count). The van der Waals surface area contributed by atoms with Crippen molar-refractivity contribution in [1.29, 1.82) is 0 Å². The Morgan fingerprint density at radius 2 is 1.48 bits per heavy atom. The summed E-state index contributed by atoms with van der Waals surface area (Å²) in [5.41, 5.74) is 2.67. The third kappa shape index (κ3) is 4.67. The van der Waals surface area contributed by atoms with Crippen LogP contribution in [0, 0.1) is 12.7 Å². The fourth-order valence-corrected chi connectivity index (χ4v) is 5.54. The maximum Gasteiger partial charge on any atom is 0.243 e. The van der Waals surface area contributed by atoms with Crippen LogP contribution in [0.25, 0.3) is 0 Å². The van der Waals surface area contributed by atoms with Crippen LogP contribution >= 0.6 is 11.6 Å². The molecule has 162 valence electrons. The number of sulfonamides is 1. The van der Waals surface area contributed by atoms with Crippen LogP contribution < -0.4 is 0 Å². The number of hydrogen-bond donors (Lipinski definition) is 0. The predicted octanol–water partition coefficient (Wildman–Crippen LogP) is 4.88. The lowest BCUT2D eigenvalue weighted by molar-refractivity contribution is 0.156. The lowest BCUT2D eigenvalue weighted by Crippen LogP contribution is -2.49. The summed E-state index contributed by atoms with van der Waals surface area (Å²) in [6.45, 7) is 3.43. The second-order valence-electron chi connectivity index (χ2n) is 7.72. The number of halogens is 2. The van der Waals surface area contributed by atoms with Crippen LogP contribution in [-0.4, -0.2) is 43.8 Å². The van der Waals surface area contributed by atoms with E-state index in [-0.39, 0.29) is 10.9 Å². The normalized spacial score (nSPS) is 16.9. The van der Waals surface area contributed by atoms with Gasteiger partial charge < -0.3 is 0 Å². The van der Waals surface area contributed by atoms with Crippen molar-refractivity contribution in [2.45, 2.75) is 17.9 Å². The number of aryl methyl sites for hydroxylation is 1. The van der Waals surface area contributed by atoms with Gasteiger partial charge in [-0.05, 0) is 47.9 Å². The Bertz CT molecular complexity index is 1150. The van der Waals surface area contributed by atoms with Crippen molar-refractivity contribution < 1.29 is 12.8 Å². The van der Waals surface area contributed by atoms with E-state index in [1.54, 1.807) is 6.92 Å². The van der Waals surface area contributed by atoms with Crippen molar-refractivity contribution in [3.8, 4) is 0 Å². The maximum atomic E-state index is 13.9. The zero-order chi connectivity index (χ0) is 22.0. The molecule has 0 saturated carbocycles. The van der Waals surface area contributed by atoms with Crippen LogP contribution in [0.2, 0.25) is 5.02 Å². The van der Waals surface area contributed by atoms with Gasteiger partial charge in [0.1, 0.15) is 5.82 Å². The van der Waals surface area contributed by atoms with E-state index in [9.17, 15) is 12.8 Å². The molecule has 31 heavy (non-hydrogen) atoms. The summed E-state index contributed by atoms with van der Waals surface area (Å²) in [5, 5.41) is 0.678. The zero-order valence-electron chi connectivity index (χ0n) is 17.2. The van der Waals surface area contributed by atoms with Crippen molar-refractivity contribution in [1.82, 2.24) is 9.21 Å². The molecule has 0 aromatic heterocycles. The SMILES string of the molecule is Cc1ccc(S(=O)(=O)N2CCN([C@@H](c3ccccc3)c3ccc(Cl)cc3)CC2)cc1F. The second kappa shape index (κ2) is 9.09. The van der Waals surface area contributed by atoms with Crippen molar-refractivity contribution in [2.24, 2.45) is 0 Å². The molecule has 0 amide bonds. The number of hydrogen-bond acceptors (Lipinski definition) is 3. The molecule has 3 aromatic rings. The van der Waals surface area contributed by atoms with Gasteiger partial charge in [0.15, 0.2) is 0 Å². The molecule has 0 N–H and O–H groups in total. The van der Waals surface area contributed by atoms with Crippen LogP contribution in [0.3, 0.4) is 0 Å². The number of rotatable bonds is 5. The first kappa shape index (κ1) is 22.0. The van der Waals surface area contributed by atoms with E-state index >= 15 is 0 Å². The van der Waals surface area contributed by atoms with Gasteiger partial charge >= 0.3 is 0 Å². The second-order valence-corrected chi connectivity index (χ2v) is 10.1. The zero-order valence-corrected chi connectivity index (χ0v) is 18.8. The summed E-state index contributed by atoms with van der Waals surface area (Å²) in [6, 6.07) is 22.0. The largest absolute Gasteiger partial charge is 0.290 e. The fourth-order valence-electron chi connectivity index (χ4n) is 3.98. The molecule has 3 aromatic carbocycles. The first-order chi connectivity index (χ1) is 14.9. The predicted molar refractivity (Wildman–Crippen MR) is 121 cm³/mol. The Balaban J connectivity index is 1.56. The molecule has 0 bridgehead atoms. The average molecular weight is 459 g/mol. The Labute approximate surface area is 187 Å². The standard InChI is InChI=1S/C24H24ClFN2O2S/c1-18-7-12-22(17-23(18)26)31(29,30)28-15-13-27(14-16-28)24(19-5-3-2-4-6-19)20-8-10-21(25)11-9-20/h2-12,17,24H,13-16H2,1H3/t24-/m0/s1. The molecule has 0 spiro atoms. The molecular formula is C24H24ClFN2O2S. The first-order valence-corrected chi connectivity index (χ1v) is 12.0. The highest BCUT2D eigenvalue weighted by Crippen LogP contribution is 2.31. The summed E-state index contributed by atoms with van der Waals surface area (Å²) in [4.78, 5) is 2.28. The summed E-state index contributed by atoms with van der Waals surface area (Å²) in [7, 11) is -3.74. The Kier molecular flexibility index (Phi) is 6.44. The van der Waals surface area contributed by atoms with Crippen LogP contribution in [0.15, 0.2) is 77.7 Å². The van der Waals surface area contributed by atoms with Crippen LogP contribution in [0.4, 0.5) is 4.39 Å². The summed E-state index contributed by atoms with van der Waals surface area (Å²) < 4.78 is 41.5. The molecule has 1 atom stereocenters. The van der Waals surface area contributed by atoms with Gasteiger partial charge in [-0.15, -0.1) is 0 Å².